The predicted molar refractivity (Wildman–Crippen MR) is 77.9 cm³/mol. The van der Waals surface area contributed by atoms with Crippen LogP contribution in [0.4, 0.5) is 4.39 Å². The summed E-state index contributed by atoms with van der Waals surface area (Å²) in [5.41, 5.74) is 6.32. The molecular weight excluding hydrogens is 279 g/mol. The second-order valence-corrected chi connectivity index (χ2v) is 5.22. The third-order valence-electron chi connectivity index (χ3n) is 3.38. The van der Waals surface area contributed by atoms with Crippen molar-refractivity contribution < 1.29 is 4.39 Å². The fourth-order valence-corrected chi connectivity index (χ4v) is 2.38. The average molecular weight is 297 g/mol. The molecule has 20 heavy (non-hydrogen) atoms. The lowest BCUT2D eigenvalue weighted by Crippen LogP contribution is -2.31. The van der Waals surface area contributed by atoms with Crippen LogP contribution < -0.4 is 5.73 Å². The van der Waals surface area contributed by atoms with E-state index in [2.05, 4.69) is 4.98 Å². The maximum absolute atomic E-state index is 14.0. The van der Waals surface area contributed by atoms with Gasteiger partial charge in [0.1, 0.15) is 11.6 Å². The smallest absolute Gasteiger partial charge is 0.128 e. The first-order chi connectivity index (χ1) is 9.52. The van der Waals surface area contributed by atoms with Crippen LogP contribution in [-0.4, -0.2) is 28.0 Å². The molecule has 108 valence electrons. The summed E-state index contributed by atoms with van der Waals surface area (Å²) in [6.45, 7) is 0.884. The fourth-order valence-electron chi connectivity index (χ4n) is 2.20. The van der Waals surface area contributed by atoms with Crippen LogP contribution in [0.1, 0.15) is 17.4 Å². The first kappa shape index (κ1) is 15.0. The van der Waals surface area contributed by atoms with Crippen molar-refractivity contribution in [2.45, 2.75) is 12.6 Å². The number of nitrogens with two attached hydrogens (primary N) is 1. The molecule has 1 atom stereocenters. The van der Waals surface area contributed by atoms with Crippen molar-refractivity contribution in [3.05, 3.63) is 52.8 Å². The van der Waals surface area contributed by atoms with Crippen LogP contribution in [0.2, 0.25) is 5.02 Å². The van der Waals surface area contributed by atoms with Crippen molar-refractivity contribution >= 4 is 11.6 Å². The monoisotopic (exact) mass is 296 g/mol. The molecule has 0 spiro atoms. The van der Waals surface area contributed by atoms with Gasteiger partial charge in [-0.15, -0.1) is 0 Å². The van der Waals surface area contributed by atoms with Gasteiger partial charge >= 0.3 is 0 Å². The lowest BCUT2D eigenvalue weighted by molar-refractivity contribution is 0.229. The molecule has 0 amide bonds. The maximum atomic E-state index is 14.0. The summed E-state index contributed by atoms with van der Waals surface area (Å²) in [5.74, 6) is 0.602. The third kappa shape index (κ3) is 3.17. The highest BCUT2D eigenvalue weighted by atomic mass is 35.5. The molecule has 2 N–H and O–H groups in total. The number of benzene rings is 1. The Bertz CT molecular complexity index is 584. The highest BCUT2D eigenvalue weighted by Crippen LogP contribution is 2.25. The molecule has 0 radical (unpaired) electrons. The van der Waals surface area contributed by atoms with Gasteiger partial charge in [-0.3, -0.25) is 4.90 Å². The van der Waals surface area contributed by atoms with E-state index in [1.807, 2.05) is 29.8 Å². The predicted octanol–water partition coefficient (Wildman–Crippen LogP) is 2.34. The zero-order valence-corrected chi connectivity index (χ0v) is 12.3. The summed E-state index contributed by atoms with van der Waals surface area (Å²) >= 11 is 5.95. The first-order valence-electron chi connectivity index (χ1n) is 6.34. The molecule has 1 heterocycles. The molecule has 0 fully saturated rings. The molecular formula is C14H18ClFN4. The Balaban J connectivity index is 2.23. The topological polar surface area (TPSA) is 47.1 Å². The van der Waals surface area contributed by atoms with Gasteiger partial charge in [0.25, 0.3) is 0 Å². The number of likely N-dealkylation sites (N-methyl/N-ethyl adjacent to an activating group) is 1. The Morgan fingerprint density at radius 1 is 1.50 bits per heavy atom. The van der Waals surface area contributed by atoms with Gasteiger partial charge in [0.2, 0.25) is 0 Å². The first-order valence-corrected chi connectivity index (χ1v) is 6.72. The second-order valence-electron chi connectivity index (χ2n) is 4.79. The third-order valence-corrected chi connectivity index (χ3v) is 3.62. The number of nitrogens with zero attached hydrogens (tertiary/aromatic N) is 3. The van der Waals surface area contributed by atoms with Crippen molar-refractivity contribution in [2.24, 2.45) is 12.8 Å². The van der Waals surface area contributed by atoms with Crippen molar-refractivity contribution in [3.63, 3.8) is 0 Å². The van der Waals surface area contributed by atoms with Crippen LogP contribution in [0, 0.1) is 5.82 Å². The number of aromatic nitrogens is 2. The van der Waals surface area contributed by atoms with Gasteiger partial charge in [-0.05, 0) is 25.2 Å². The molecule has 0 aliphatic carbocycles. The molecule has 2 rings (SSSR count). The summed E-state index contributed by atoms with van der Waals surface area (Å²) in [6, 6.07) is 4.29. The van der Waals surface area contributed by atoms with E-state index in [0.29, 0.717) is 23.7 Å². The Kier molecular flexibility index (Phi) is 4.75. The molecule has 1 aromatic carbocycles. The highest BCUT2D eigenvalue weighted by molar-refractivity contribution is 6.30. The van der Waals surface area contributed by atoms with E-state index < -0.39 is 0 Å². The maximum Gasteiger partial charge on any atom is 0.128 e. The van der Waals surface area contributed by atoms with Gasteiger partial charge in [-0.1, -0.05) is 11.6 Å². The van der Waals surface area contributed by atoms with E-state index in [4.69, 9.17) is 17.3 Å². The molecule has 1 aromatic heterocycles. The van der Waals surface area contributed by atoms with Gasteiger partial charge in [0, 0.05) is 36.6 Å². The molecule has 4 nitrogen and oxygen atoms in total. The number of halogens is 2. The molecule has 0 saturated carbocycles. The Morgan fingerprint density at radius 2 is 2.25 bits per heavy atom. The van der Waals surface area contributed by atoms with Crippen molar-refractivity contribution in [1.29, 1.82) is 0 Å². The zero-order valence-electron chi connectivity index (χ0n) is 11.6. The normalized spacial score (nSPS) is 12.9. The van der Waals surface area contributed by atoms with E-state index in [-0.39, 0.29) is 11.9 Å². The van der Waals surface area contributed by atoms with Crippen LogP contribution in [0.5, 0.6) is 0 Å². The van der Waals surface area contributed by atoms with Gasteiger partial charge < -0.3 is 10.3 Å². The van der Waals surface area contributed by atoms with Crippen LogP contribution in [0.15, 0.2) is 30.6 Å². The quantitative estimate of drug-likeness (QED) is 0.921. The van der Waals surface area contributed by atoms with Crippen LogP contribution in [0.25, 0.3) is 0 Å². The highest BCUT2D eigenvalue weighted by Gasteiger charge is 2.20. The molecule has 0 saturated heterocycles. The van der Waals surface area contributed by atoms with E-state index in [1.54, 1.807) is 12.3 Å². The van der Waals surface area contributed by atoms with Gasteiger partial charge in [0.15, 0.2) is 0 Å². The SMILES string of the molecule is CN(Cc1nccn1C)C(CN)c1cc(Cl)ccc1F. The Hall–Kier alpha value is -1.43. The van der Waals surface area contributed by atoms with E-state index >= 15 is 0 Å². The van der Waals surface area contributed by atoms with Crippen LogP contribution in [-0.2, 0) is 13.6 Å². The summed E-state index contributed by atoms with van der Waals surface area (Å²) < 4.78 is 15.9. The van der Waals surface area contributed by atoms with Gasteiger partial charge in [-0.25, -0.2) is 9.37 Å². The van der Waals surface area contributed by atoms with E-state index in [1.165, 1.54) is 12.1 Å². The fraction of sp³-hybridized carbons (Fsp3) is 0.357. The second kappa shape index (κ2) is 6.35. The van der Waals surface area contributed by atoms with Crippen molar-refractivity contribution in [2.75, 3.05) is 13.6 Å². The largest absolute Gasteiger partial charge is 0.337 e. The minimum Gasteiger partial charge on any atom is -0.337 e. The zero-order chi connectivity index (χ0) is 14.7. The lowest BCUT2D eigenvalue weighted by Gasteiger charge is -2.27. The molecule has 0 aliphatic rings. The van der Waals surface area contributed by atoms with Gasteiger partial charge in [0.05, 0.1) is 12.6 Å². The number of hydrogen-bond donors (Lipinski definition) is 1. The number of aryl methyl sites for hydroxylation is 1. The van der Waals surface area contributed by atoms with E-state index in [9.17, 15) is 4.39 Å². The Labute approximate surface area is 123 Å². The average Bonchev–Trinajstić information content (AvgIpc) is 2.80. The summed E-state index contributed by atoms with van der Waals surface area (Å²) in [7, 11) is 3.82. The number of hydrogen-bond acceptors (Lipinski definition) is 3. The minimum atomic E-state index is -0.295. The standard InChI is InChI=1S/C14H18ClFN4/c1-19-6-5-18-14(19)9-20(2)13(8-17)11-7-10(15)3-4-12(11)16/h3-7,13H,8-9,17H2,1-2H3. The Morgan fingerprint density at radius 3 is 2.85 bits per heavy atom. The summed E-state index contributed by atoms with van der Waals surface area (Å²) in [4.78, 5) is 6.24. The van der Waals surface area contributed by atoms with E-state index in [0.717, 1.165) is 5.82 Å². The van der Waals surface area contributed by atoms with Crippen molar-refractivity contribution in [1.82, 2.24) is 14.5 Å². The molecule has 0 bridgehead atoms. The summed E-state index contributed by atoms with van der Waals surface area (Å²) in [6.07, 6.45) is 3.61. The minimum absolute atomic E-state index is 0.245. The van der Waals surface area contributed by atoms with Crippen LogP contribution in [0.3, 0.4) is 0 Å². The molecule has 1 unspecified atom stereocenters. The number of imidazole rings is 1. The van der Waals surface area contributed by atoms with Gasteiger partial charge in [-0.2, -0.15) is 0 Å². The molecule has 0 aliphatic heterocycles. The summed E-state index contributed by atoms with van der Waals surface area (Å²) in [5, 5.41) is 0.505. The number of rotatable bonds is 5. The lowest BCUT2D eigenvalue weighted by atomic mass is 10.1. The molecule has 2 aromatic rings. The molecule has 6 heteroatoms. The van der Waals surface area contributed by atoms with Crippen molar-refractivity contribution in [3.8, 4) is 0 Å². The van der Waals surface area contributed by atoms with Crippen LogP contribution >= 0.6 is 11.6 Å².